The van der Waals surface area contributed by atoms with Crippen LogP contribution in [0.15, 0.2) is 34.9 Å². The molecule has 0 aliphatic carbocycles. The summed E-state index contributed by atoms with van der Waals surface area (Å²) in [5, 5.41) is 0. The fourth-order valence-electron chi connectivity index (χ4n) is 2.28. The van der Waals surface area contributed by atoms with Crippen molar-refractivity contribution in [3.63, 3.8) is 0 Å². The second kappa shape index (κ2) is 7.78. The van der Waals surface area contributed by atoms with Gasteiger partial charge in [-0.05, 0) is 24.0 Å². The lowest BCUT2D eigenvalue weighted by Crippen LogP contribution is -2.18. The van der Waals surface area contributed by atoms with Crippen molar-refractivity contribution in [2.45, 2.75) is 32.8 Å². The van der Waals surface area contributed by atoms with E-state index in [-0.39, 0.29) is 12.7 Å². The molecule has 5 nitrogen and oxygen atoms in total. The molecule has 0 N–H and O–H groups in total. The van der Waals surface area contributed by atoms with Gasteiger partial charge in [-0.15, -0.1) is 0 Å². The molecule has 1 unspecified atom stereocenters. The van der Waals surface area contributed by atoms with Crippen LogP contribution in [0.4, 0.5) is 0 Å². The molecular formula is C16H22O5. The van der Waals surface area contributed by atoms with Crippen molar-refractivity contribution in [3.05, 3.63) is 34.9 Å². The lowest BCUT2D eigenvalue weighted by Gasteiger charge is -2.12. The Morgan fingerprint density at radius 2 is 2.00 bits per heavy atom. The van der Waals surface area contributed by atoms with Crippen molar-refractivity contribution in [2.24, 2.45) is 0 Å². The number of ether oxygens (including phenoxy) is 3. The van der Waals surface area contributed by atoms with E-state index in [1.807, 2.05) is 13.8 Å². The molecule has 0 bridgehead atoms. The number of carbonyl (C=O) groups is 2. The summed E-state index contributed by atoms with van der Waals surface area (Å²) in [6.07, 6.45) is 2.70. The molecule has 1 heterocycles. The zero-order chi connectivity index (χ0) is 16.0. The molecular weight excluding hydrogens is 272 g/mol. The van der Waals surface area contributed by atoms with Crippen LogP contribution in [0.2, 0.25) is 0 Å². The normalized spacial score (nSPS) is 18.7. The first-order valence-electron chi connectivity index (χ1n) is 6.92. The van der Waals surface area contributed by atoms with Gasteiger partial charge in [0.15, 0.2) is 0 Å². The van der Waals surface area contributed by atoms with E-state index in [1.54, 1.807) is 6.08 Å². The van der Waals surface area contributed by atoms with Gasteiger partial charge in [-0.3, -0.25) is 0 Å². The van der Waals surface area contributed by atoms with E-state index >= 15 is 0 Å². The summed E-state index contributed by atoms with van der Waals surface area (Å²) in [4.78, 5) is 23.8. The topological polar surface area (TPSA) is 61.8 Å². The molecule has 1 aliphatic heterocycles. The summed E-state index contributed by atoms with van der Waals surface area (Å²) in [7, 11) is 2.64. The van der Waals surface area contributed by atoms with Gasteiger partial charge in [0.2, 0.25) is 0 Å². The molecule has 1 rings (SSSR count). The number of allylic oxidation sites excluding steroid dienone is 1. The lowest BCUT2D eigenvalue weighted by molar-refractivity contribution is -0.137. The van der Waals surface area contributed by atoms with E-state index in [2.05, 4.69) is 6.58 Å². The van der Waals surface area contributed by atoms with Crippen LogP contribution >= 0.6 is 0 Å². The minimum absolute atomic E-state index is 0.236. The third kappa shape index (κ3) is 3.61. The fourth-order valence-corrected chi connectivity index (χ4v) is 2.28. The Hall–Kier alpha value is -1.88. The zero-order valence-electron chi connectivity index (χ0n) is 13.0. The number of methoxy groups -OCH3 is 2. The number of carbonyl (C=O) groups excluding carboxylic acids is 2. The average Bonchev–Trinajstić information content (AvgIpc) is 2.94. The van der Waals surface area contributed by atoms with E-state index in [4.69, 9.17) is 14.2 Å². The Morgan fingerprint density at radius 1 is 1.33 bits per heavy atom. The first kappa shape index (κ1) is 17.2. The van der Waals surface area contributed by atoms with E-state index in [9.17, 15) is 9.59 Å². The van der Waals surface area contributed by atoms with E-state index in [0.29, 0.717) is 35.1 Å². The van der Waals surface area contributed by atoms with Crippen molar-refractivity contribution in [1.29, 1.82) is 0 Å². The van der Waals surface area contributed by atoms with Gasteiger partial charge in [-0.25, -0.2) is 9.59 Å². The molecule has 21 heavy (non-hydrogen) atoms. The summed E-state index contributed by atoms with van der Waals surface area (Å²) >= 11 is 0. The van der Waals surface area contributed by atoms with Crippen molar-refractivity contribution < 1.29 is 23.8 Å². The molecule has 5 heteroatoms. The quantitative estimate of drug-likeness (QED) is 0.427. The van der Waals surface area contributed by atoms with E-state index < -0.39 is 11.9 Å². The van der Waals surface area contributed by atoms with Gasteiger partial charge in [-0.1, -0.05) is 26.5 Å². The minimum atomic E-state index is -0.474. The Labute approximate surface area is 125 Å². The highest BCUT2D eigenvalue weighted by Crippen LogP contribution is 2.32. The van der Waals surface area contributed by atoms with Gasteiger partial charge in [0.25, 0.3) is 0 Å². The summed E-state index contributed by atoms with van der Waals surface area (Å²) < 4.78 is 15.2. The summed E-state index contributed by atoms with van der Waals surface area (Å²) in [5.41, 5.74) is 1.87. The van der Waals surface area contributed by atoms with Crippen LogP contribution in [0, 0.1) is 0 Å². The summed E-state index contributed by atoms with van der Waals surface area (Å²) in [6.45, 7) is 8.01. The maximum absolute atomic E-state index is 12.0. The molecule has 0 fully saturated rings. The predicted octanol–water partition coefficient (Wildman–Crippen LogP) is 2.33. The highest BCUT2D eigenvalue weighted by Gasteiger charge is 2.33. The standard InChI is InChI=1S/C16H22O5/c1-6-8-11(15(17)19-4)10(3)12-9-21-13(7-2)14(12)16(18)20-5/h8,13H,3,6-7,9H2,1-2,4-5H3/b11-8-. The third-order valence-electron chi connectivity index (χ3n) is 3.36. The van der Waals surface area contributed by atoms with Gasteiger partial charge in [0, 0.05) is 0 Å². The molecule has 0 saturated heterocycles. The molecule has 0 aromatic rings. The maximum atomic E-state index is 12.0. The zero-order valence-corrected chi connectivity index (χ0v) is 13.0. The van der Waals surface area contributed by atoms with Crippen molar-refractivity contribution >= 4 is 11.9 Å². The molecule has 0 aromatic heterocycles. The Kier molecular flexibility index (Phi) is 6.37. The smallest absolute Gasteiger partial charge is 0.338 e. The number of esters is 2. The minimum Gasteiger partial charge on any atom is -0.466 e. The highest BCUT2D eigenvalue weighted by molar-refractivity contribution is 5.98. The monoisotopic (exact) mass is 294 g/mol. The molecule has 0 aromatic carbocycles. The molecule has 0 saturated carbocycles. The number of rotatable bonds is 6. The molecule has 0 amide bonds. The lowest BCUT2D eigenvalue weighted by atomic mass is 9.93. The first-order chi connectivity index (χ1) is 10.0. The largest absolute Gasteiger partial charge is 0.466 e. The van der Waals surface area contributed by atoms with Gasteiger partial charge in [0.1, 0.15) is 0 Å². The molecule has 116 valence electrons. The van der Waals surface area contributed by atoms with Crippen molar-refractivity contribution in [2.75, 3.05) is 20.8 Å². The predicted molar refractivity (Wildman–Crippen MR) is 78.6 cm³/mol. The van der Waals surface area contributed by atoms with Crippen molar-refractivity contribution in [3.8, 4) is 0 Å². The van der Waals surface area contributed by atoms with Crippen LogP contribution in [0.5, 0.6) is 0 Å². The maximum Gasteiger partial charge on any atom is 0.338 e. The van der Waals surface area contributed by atoms with Crippen LogP contribution in [0.1, 0.15) is 26.7 Å². The van der Waals surface area contributed by atoms with Crippen LogP contribution in [0.25, 0.3) is 0 Å². The Balaban J connectivity index is 3.26. The second-order valence-electron chi connectivity index (χ2n) is 4.59. The summed E-state index contributed by atoms with van der Waals surface area (Å²) in [5.74, 6) is -0.922. The first-order valence-corrected chi connectivity index (χ1v) is 6.92. The second-order valence-corrected chi connectivity index (χ2v) is 4.59. The number of hydrogen-bond acceptors (Lipinski definition) is 5. The van der Waals surface area contributed by atoms with Crippen LogP contribution in [-0.4, -0.2) is 38.9 Å². The molecule has 0 spiro atoms. The van der Waals surface area contributed by atoms with Crippen molar-refractivity contribution in [1.82, 2.24) is 0 Å². The van der Waals surface area contributed by atoms with Crippen LogP contribution < -0.4 is 0 Å². The average molecular weight is 294 g/mol. The Bertz CT molecular complexity index is 499. The Morgan fingerprint density at radius 3 is 2.48 bits per heavy atom. The van der Waals surface area contributed by atoms with Crippen LogP contribution in [-0.2, 0) is 23.8 Å². The molecule has 0 radical (unpaired) electrons. The van der Waals surface area contributed by atoms with Gasteiger partial charge < -0.3 is 14.2 Å². The van der Waals surface area contributed by atoms with Gasteiger partial charge in [-0.2, -0.15) is 0 Å². The fraction of sp³-hybridized carbons (Fsp3) is 0.500. The molecule has 1 aliphatic rings. The van der Waals surface area contributed by atoms with E-state index in [1.165, 1.54) is 14.2 Å². The molecule has 1 atom stereocenters. The number of hydrogen-bond donors (Lipinski definition) is 0. The van der Waals surface area contributed by atoms with Gasteiger partial charge >= 0.3 is 11.9 Å². The highest BCUT2D eigenvalue weighted by atomic mass is 16.5. The summed E-state index contributed by atoms with van der Waals surface area (Å²) in [6, 6.07) is 0. The van der Waals surface area contributed by atoms with E-state index in [0.717, 1.165) is 0 Å². The van der Waals surface area contributed by atoms with Gasteiger partial charge in [0.05, 0.1) is 38.1 Å². The third-order valence-corrected chi connectivity index (χ3v) is 3.36. The van der Waals surface area contributed by atoms with Crippen LogP contribution in [0.3, 0.4) is 0 Å². The SMILES string of the molecule is C=C(C1=C(C(=O)OC)C(CC)OC1)/C(=C/CC)C(=O)OC.